The van der Waals surface area contributed by atoms with Crippen molar-refractivity contribution in [3.05, 3.63) is 29.8 Å². The van der Waals surface area contributed by atoms with Gasteiger partial charge in [-0.15, -0.1) is 0 Å². The predicted octanol–water partition coefficient (Wildman–Crippen LogP) is 8.21. The SMILES string of the molecule is CCCCCCCCCCCCCCCCNc1ccc(C(C)C#N)cc1. The number of nitrogens with one attached hydrogen (secondary N) is 1. The van der Waals surface area contributed by atoms with Crippen molar-refractivity contribution in [2.24, 2.45) is 0 Å². The predicted molar refractivity (Wildman–Crippen MR) is 119 cm³/mol. The maximum absolute atomic E-state index is 8.94. The summed E-state index contributed by atoms with van der Waals surface area (Å²) in [6.45, 7) is 5.27. The first-order valence-electron chi connectivity index (χ1n) is 11.5. The minimum Gasteiger partial charge on any atom is -0.385 e. The summed E-state index contributed by atoms with van der Waals surface area (Å²) in [5, 5.41) is 12.4. The number of hydrogen-bond acceptors (Lipinski definition) is 2. The Balaban J connectivity index is 1.86. The van der Waals surface area contributed by atoms with Gasteiger partial charge in [-0.1, -0.05) is 103 Å². The lowest BCUT2D eigenvalue weighted by Crippen LogP contribution is -2.01. The lowest BCUT2D eigenvalue weighted by Gasteiger charge is -2.08. The molecule has 0 saturated heterocycles. The van der Waals surface area contributed by atoms with Crippen LogP contribution >= 0.6 is 0 Å². The minimum atomic E-state index is -0.0233. The molecule has 0 saturated carbocycles. The second-order valence-electron chi connectivity index (χ2n) is 8.00. The van der Waals surface area contributed by atoms with E-state index in [1.54, 1.807) is 0 Å². The summed E-state index contributed by atoms with van der Waals surface area (Å²) in [5.74, 6) is -0.0233. The molecule has 0 aliphatic carbocycles. The van der Waals surface area contributed by atoms with E-state index in [1.807, 2.05) is 6.92 Å². The number of nitrogens with zero attached hydrogens (tertiary/aromatic N) is 1. The summed E-state index contributed by atoms with van der Waals surface area (Å²) < 4.78 is 0. The van der Waals surface area contributed by atoms with Gasteiger partial charge in [0.2, 0.25) is 0 Å². The molecule has 0 fully saturated rings. The largest absolute Gasteiger partial charge is 0.385 e. The summed E-state index contributed by atoms with van der Waals surface area (Å²) in [6.07, 6.45) is 19.6. The maximum Gasteiger partial charge on any atom is 0.0700 e. The first-order valence-corrected chi connectivity index (χ1v) is 11.5. The van der Waals surface area contributed by atoms with Crippen molar-refractivity contribution in [2.75, 3.05) is 11.9 Å². The highest BCUT2D eigenvalue weighted by Crippen LogP contribution is 2.17. The number of nitriles is 1. The van der Waals surface area contributed by atoms with Crippen LogP contribution in [0.5, 0.6) is 0 Å². The van der Waals surface area contributed by atoms with Gasteiger partial charge in [0.25, 0.3) is 0 Å². The second kappa shape index (κ2) is 16.7. The second-order valence-corrected chi connectivity index (χ2v) is 8.00. The zero-order valence-electron chi connectivity index (χ0n) is 17.9. The van der Waals surface area contributed by atoms with Crippen LogP contribution in [-0.4, -0.2) is 6.54 Å². The van der Waals surface area contributed by atoms with Gasteiger partial charge in [-0.3, -0.25) is 0 Å². The molecule has 0 amide bonds. The van der Waals surface area contributed by atoms with E-state index in [4.69, 9.17) is 5.26 Å². The third-order valence-corrected chi connectivity index (χ3v) is 5.46. The lowest BCUT2D eigenvalue weighted by molar-refractivity contribution is 0.537. The molecular weight excluding hydrogens is 328 g/mol. The molecular formula is C25H42N2. The van der Waals surface area contributed by atoms with Gasteiger partial charge >= 0.3 is 0 Å². The Kier molecular flexibility index (Phi) is 14.5. The Hall–Kier alpha value is -1.49. The van der Waals surface area contributed by atoms with Crippen molar-refractivity contribution in [3.63, 3.8) is 0 Å². The first kappa shape index (κ1) is 23.5. The van der Waals surface area contributed by atoms with Crippen LogP contribution in [0.1, 0.15) is 115 Å². The quantitative estimate of drug-likeness (QED) is 0.280. The van der Waals surface area contributed by atoms with Gasteiger partial charge < -0.3 is 5.32 Å². The van der Waals surface area contributed by atoms with E-state index in [1.165, 1.54) is 95.6 Å². The lowest BCUT2D eigenvalue weighted by atomic mass is 10.0. The van der Waals surface area contributed by atoms with Crippen LogP contribution in [0.15, 0.2) is 24.3 Å². The van der Waals surface area contributed by atoms with Gasteiger partial charge in [0.1, 0.15) is 0 Å². The van der Waals surface area contributed by atoms with Crippen LogP contribution in [0.3, 0.4) is 0 Å². The van der Waals surface area contributed by atoms with E-state index < -0.39 is 0 Å². The van der Waals surface area contributed by atoms with Crippen LogP contribution in [0, 0.1) is 11.3 Å². The van der Waals surface area contributed by atoms with Crippen LogP contribution in [0.2, 0.25) is 0 Å². The van der Waals surface area contributed by atoms with Gasteiger partial charge in [0.05, 0.1) is 12.0 Å². The average molecular weight is 371 g/mol. The highest BCUT2D eigenvalue weighted by atomic mass is 14.9. The zero-order valence-corrected chi connectivity index (χ0v) is 17.9. The Morgan fingerprint density at radius 1 is 0.741 bits per heavy atom. The topological polar surface area (TPSA) is 35.8 Å². The fourth-order valence-electron chi connectivity index (χ4n) is 3.52. The molecule has 0 spiro atoms. The molecule has 1 N–H and O–H groups in total. The molecule has 0 aliphatic heterocycles. The number of rotatable bonds is 17. The number of anilines is 1. The van der Waals surface area contributed by atoms with E-state index in [9.17, 15) is 0 Å². The van der Waals surface area contributed by atoms with Gasteiger partial charge in [0.15, 0.2) is 0 Å². The fraction of sp³-hybridized carbons (Fsp3) is 0.720. The third-order valence-electron chi connectivity index (χ3n) is 5.46. The van der Waals surface area contributed by atoms with E-state index in [-0.39, 0.29) is 5.92 Å². The third kappa shape index (κ3) is 12.5. The average Bonchev–Trinajstić information content (AvgIpc) is 2.70. The molecule has 0 radical (unpaired) electrons. The number of hydrogen-bond donors (Lipinski definition) is 1. The standard InChI is InChI=1S/C25H42N2/c1-3-4-5-6-7-8-9-10-11-12-13-14-15-16-21-27-25-19-17-24(18-20-25)23(2)22-26/h17-20,23,27H,3-16,21H2,1-2H3. The molecule has 0 aliphatic rings. The van der Waals surface area contributed by atoms with Crippen LogP contribution in [-0.2, 0) is 0 Å². The van der Waals surface area contributed by atoms with Crippen molar-refractivity contribution >= 4 is 5.69 Å². The molecule has 2 nitrogen and oxygen atoms in total. The Labute approximate surface area is 168 Å². The van der Waals surface area contributed by atoms with Crippen LogP contribution < -0.4 is 5.32 Å². The highest BCUT2D eigenvalue weighted by molar-refractivity contribution is 5.45. The molecule has 1 aromatic rings. The zero-order chi connectivity index (χ0) is 19.6. The van der Waals surface area contributed by atoms with E-state index in [0.29, 0.717) is 0 Å². The van der Waals surface area contributed by atoms with Crippen LogP contribution in [0.4, 0.5) is 5.69 Å². The normalized spacial score (nSPS) is 11.9. The number of unbranched alkanes of at least 4 members (excludes halogenated alkanes) is 13. The van der Waals surface area contributed by atoms with Gasteiger partial charge in [-0.2, -0.15) is 5.26 Å². The van der Waals surface area contributed by atoms with Gasteiger partial charge in [0, 0.05) is 12.2 Å². The van der Waals surface area contributed by atoms with Gasteiger partial charge in [-0.05, 0) is 31.0 Å². The Bertz CT molecular complexity index is 486. The summed E-state index contributed by atoms with van der Waals surface area (Å²) in [4.78, 5) is 0. The van der Waals surface area contributed by atoms with Gasteiger partial charge in [-0.25, -0.2) is 0 Å². The Morgan fingerprint density at radius 3 is 1.63 bits per heavy atom. The molecule has 1 rings (SSSR count). The smallest absolute Gasteiger partial charge is 0.0700 e. The molecule has 1 unspecified atom stereocenters. The highest BCUT2D eigenvalue weighted by Gasteiger charge is 2.02. The molecule has 2 heteroatoms. The molecule has 27 heavy (non-hydrogen) atoms. The van der Waals surface area contributed by atoms with Crippen molar-refractivity contribution < 1.29 is 0 Å². The monoisotopic (exact) mass is 370 g/mol. The first-order chi connectivity index (χ1) is 13.3. The molecule has 1 aromatic carbocycles. The van der Waals surface area contributed by atoms with Crippen molar-refractivity contribution in [3.8, 4) is 6.07 Å². The molecule has 0 heterocycles. The van der Waals surface area contributed by atoms with E-state index in [2.05, 4.69) is 42.6 Å². The van der Waals surface area contributed by atoms with Crippen molar-refractivity contribution in [2.45, 2.75) is 110 Å². The maximum atomic E-state index is 8.94. The molecule has 0 aromatic heterocycles. The van der Waals surface area contributed by atoms with E-state index in [0.717, 1.165) is 12.1 Å². The van der Waals surface area contributed by atoms with Crippen molar-refractivity contribution in [1.82, 2.24) is 0 Å². The number of benzene rings is 1. The molecule has 0 bridgehead atoms. The van der Waals surface area contributed by atoms with E-state index >= 15 is 0 Å². The fourth-order valence-corrected chi connectivity index (χ4v) is 3.52. The Morgan fingerprint density at radius 2 is 1.19 bits per heavy atom. The van der Waals surface area contributed by atoms with Crippen LogP contribution in [0.25, 0.3) is 0 Å². The summed E-state index contributed by atoms with van der Waals surface area (Å²) in [7, 11) is 0. The summed E-state index contributed by atoms with van der Waals surface area (Å²) >= 11 is 0. The van der Waals surface area contributed by atoms with Crippen molar-refractivity contribution in [1.29, 1.82) is 5.26 Å². The molecule has 152 valence electrons. The molecule has 1 atom stereocenters. The summed E-state index contributed by atoms with van der Waals surface area (Å²) in [6, 6.07) is 10.6. The summed E-state index contributed by atoms with van der Waals surface area (Å²) in [5.41, 5.74) is 2.26. The minimum absolute atomic E-state index is 0.0233.